The Hall–Kier alpha value is -3.08. The van der Waals surface area contributed by atoms with Crippen LogP contribution in [0.3, 0.4) is 0 Å². The summed E-state index contributed by atoms with van der Waals surface area (Å²) >= 11 is 0. The highest BCUT2D eigenvalue weighted by atomic mass is 16.5. The molecule has 5 heteroatoms. The summed E-state index contributed by atoms with van der Waals surface area (Å²) in [5.41, 5.74) is 3.84. The van der Waals surface area contributed by atoms with Gasteiger partial charge >= 0.3 is 5.97 Å². The summed E-state index contributed by atoms with van der Waals surface area (Å²) in [4.78, 5) is 28.0. The van der Waals surface area contributed by atoms with Crippen LogP contribution in [0.1, 0.15) is 34.5 Å². The molecule has 0 aliphatic heterocycles. The van der Waals surface area contributed by atoms with Gasteiger partial charge in [-0.1, -0.05) is 18.2 Å². The van der Waals surface area contributed by atoms with Crippen molar-refractivity contribution in [1.29, 1.82) is 0 Å². The molecule has 1 heterocycles. The highest BCUT2D eigenvalue weighted by molar-refractivity contribution is 6.05. The predicted molar refractivity (Wildman–Crippen MR) is 100 cm³/mol. The molecule has 1 aliphatic carbocycles. The first-order valence-corrected chi connectivity index (χ1v) is 8.63. The van der Waals surface area contributed by atoms with Crippen LogP contribution in [0.15, 0.2) is 48.5 Å². The number of carbonyl (C=O) groups excluding carboxylic acids is 2. The molecule has 3 aromatic rings. The SMILES string of the molecule is COC(=O)c1ccc(NC(=O)C2(c3c(C)[nH]c4ccccc34)CC2)cc1. The summed E-state index contributed by atoms with van der Waals surface area (Å²) in [7, 11) is 1.35. The lowest BCUT2D eigenvalue weighted by atomic mass is 9.92. The van der Waals surface area contributed by atoms with Crippen LogP contribution < -0.4 is 5.32 Å². The van der Waals surface area contributed by atoms with Crippen molar-refractivity contribution in [2.45, 2.75) is 25.2 Å². The standard InChI is InChI=1S/C21H20N2O3/c1-13-18(16-5-3-4-6-17(16)22-13)21(11-12-21)20(25)23-15-9-7-14(8-10-15)19(24)26-2/h3-10,22H,11-12H2,1-2H3,(H,23,25). The van der Waals surface area contributed by atoms with E-state index in [-0.39, 0.29) is 5.91 Å². The number of fused-ring (bicyclic) bond motifs is 1. The number of methoxy groups -OCH3 is 1. The van der Waals surface area contributed by atoms with Gasteiger partial charge in [-0.25, -0.2) is 4.79 Å². The van der Waals surface area contributed by atoms with E-state index in [1.807, 2.05) is 25.1 Å². The number of aryl methyl sites for hydroxylation is 1. The maximum Gasteiger partial charge on any atom is 0.337 e. The number of amides is 1. The number of anilines is 1. The summed E-state index contributed by atoms with van der Waals surface area (Å²) in [5, 5.41) is 4.11. The number of para-hydroxylation sites is 1. The molecule has 1 amide bonds. The highest BCUT2D eigenvalue weighted by Crippen LogP contribution is 2.52. The molecule has 0 saturated heterocycles. The molecule has 26 heavy (non-hydrogen) atoms. The van der Waals surface area contributed by atoms with Crippen molar-refractivity contribution >= 4 is 28.5 Å². The van der Waals surface area contributed by atoms with E-state index in [9.17, 15) is 9.59 Å². The number of carbonyl (C=O) groups is 2. The van der Waals surface area contributed by atoms with Gasteiger partial charge in [0.05, 0.1) is 18.1 Å². The molecule has 0 radical (unpaired) electrons. The van der Waals surface area contributed by atoms with Crippen molar-refractivity contribution in [3.05, 3.63) is 65.4 Å². The second-order valence-corrected chi connectivity index (χ2v) is 6.78. The number of H-pyrrole nitrogens is 1. The van der Waals surface area contributed by atoms with Gasteiger partial charge < -0.3 is 15.0 Å². The van der Waals surface area contributed by atoms with Crippen molar-refractivity contribution in [3.63, 3.8) is 0 Å². The Balaban J connectivity index is 1.61. The first kappa shape index (κ1) is 16.4. The highest BCUT2D eigenvalue weighted by Gasteiger charge is 2.53. The summed E-state index contributed by atoms with van der Waals surface area (Å²) in [6.45, 7) is 2.02. The normalized spacial score (nSPS) is 14.8. The molecule has 0 spiro atoms. The Kier molecular flexibility index (Phi) is 3.80. The van der Waals surface area contributed by atoms with Gasteiger partial charge in [-0.3, -0.25) is 4.79 Å². The number of nitrogens with one attached hydrogen (secondary N) is 2. The van der Waals surface area contributed by atoms with E-state index in [4.69, 9.17) is 4.74 Å². The Morgan fingerprint density at radius 2 is 1.77 bits per heavy atom. The fourth-order valence-electron chi connectivity index (χ4n) is 3.67. The van der Waals surface area contributed by atoms with Crippen molar-refractivity contribution in [2.24, 2.45) is 0 Å². The number of hydrogen-bond donors (Lipinski definition) is 2. The first-order chi connectivity index (χ1) is 12.5. The molecular weight excluding hydrogens is 328 g/mol. The van der Waals surface area contributed by atoms with Crippen LogP contribution in [0, 0.1) is 6.92 Å². The molecule has 1 aliphatic rings. The monoisotopic (exact) mass is 348 g/mol. The number of aromatic amines is 1. The van der Waals surface area contributed by atoms with Crippen LogP contribution in [0.4, 0.5) is 5.69 Å². The summed E-state index contributed by atoms with van der Waals surface area (Å²) in [5.74, 6) is -0.396. The number of hydrogen-bond acceptors (Lipinski definition) is 3. The van der Waals surface area contributed by atoms with Crippen LogP contribution in [0.25, 0.3) is 10.9 Å². The molecule has 0 unspecified atom stereocenters. The van der Waals surface area contributed by atoms with Crippen LogP contribution in [-0.4, -0.2) is 24.0 Å². The van der Waals surface area contributed by atoms with Crippen molar-refractivity contribution < 1.29 is 14.3 Å². The molecule has 0 atom stereocenters. The number of benzene rings is 2. The zero-order valence-corrected chi connectivity index (χ0v) is 14.8. The second-order valence-electron chi connectivity index (χ2n) is 6.78. The van der Waals surface area contributed by atoms with Crippen molar-refractivity contribution in [3.8, 4) is 0 Å². The zero-order valence-electron chi connectivity index (χ0n) is 14.8. The fourth-order valence-corrected chi connectivity index (χ4v) is 3.67. The molecule has 132 valence electrons. The topological polar surface area (TPSA) is 71.2 Å². The summed E-state index contributed by atoms with van der Waals surface area (Å²) in [6, 6.07) is 14.8. The van der Waals surface area contributed by atoms with Crippen LogP contribution >= 0.6 is 0 Å². The smallest absolute Gasteiger partial charge is 0.337 e. The van der Waals surface area contributed by atoms with Crippen molar-refractivity contribution in [1.82, 2.24) is 4.98 Å². The van der Waals surface area contributed by atoms with E-state index < -0.39 is 11.4 Å². The van der Waals surface area contributed by atoms with E-state index in [0.717, 1.165) is 35.0 Å². The van der Waals surface area contributed by atoms with E-state index in [2.05, 4.69) is 16.4 Å². The van der Waals surface area contributed by atoms with Gasteiger partial charge in [-0.2, -0.15) is 0 Å². The third kappa shape index (κ3) is 2.56. The molecule has 5 nitrogen and oxygen atoms in total. The maximum atomic E-state index is 13.0. The van der Waals surface area contributed by atoms with Gasteiger partial charge in [0, 0.05) is 22.3 Å². The third-order valence-corrected chi connectivity index (χ3v) is 5.12. The fraction of sp³-hybridized carbons (Fsp3) is 0.238. The van der Waals surface area contributed by atoms with Gasteiger partial charge in [-0.15, -0.1) is 0 Å². The Morgan fingerprint density at radius 1 is 1.08 bits per heavy atom. The molecule has 2 aromatic carbocycles. The van der Waals surface area contributed by atoms with E-state index >= 15 is 0 Å². The van der Waals surface area contributed by atoms with E-state index in [1.165, 1.54) is 7.11 Å². The number of ether oxygens (including phenoxy) is 1. The molecule has 2 N–H and O–H groups in total. The average Bonchev–Trinajstić information content (AvgIpc) is 3.38. The Bertz CT molecular complexity index is 998. The van der Waals surface area contributed by atoms with Gasteiger partial charge in [0.25, 0.3) is 0 Å². The summed E-state index contributed by atoms with van der Waals surface area (Å²) < 4.78 is 4.69. The lowest BCUT2D eigenvalue weighted by Crippen LogP contribution is -2.28. The maximum absolute atomic E-state index is 13.0. The van der Waals surface area contributed by atoms with E-state index in [0.29, 0.717) is 11.3 Å². The minimum atomic E-state index is -0.481. The quantitative estimate of drug-likeness (QED) is 0.702. The largest absolute Gasteiger partial charge is 0.465 e. The van der Waals surface area contributed by atoms with Gasteiger partial charge in [0.2, 0.25) is 5.91 Å². The summed E-state index contributed by atoms with van der Waals surface area (Å²) in [6.07, 6.45) is 1.67. The second kappa shape index (κ2) is 6.02. The molecule has 4 rings (SSSR count). The Morgan fingerprint density at radius 3 is 2.42 bits per heavy atom. The van der Waals surface area contributed by atoms with Gasteiger partial charge in [0.15, 0.2) is 0 Å². The van der Waals surface area contributed by atoms with Crippen molar-refractivity contribution in [2.75, 3.05) is 12.4 Å². The zero-order chi connectivity index (χ0) is 18.3. The number of aromatic nitrogens is 1. The van der Waals surface area contributed by atoms with Gasteiger partial charge in [-0.05, 0) is 55.7 Å². The number of rotatable bonds is 4. The average molecular weight is 348 g/mol. The number of esters is 1. The molecule has 0 bridgehead atoms. The molecule has 1 fully saturated rings. The van der Waals surface area contributed by atoms with E-state index in [1.54, 1.807) is 24.3 Å². The van der Waals surface area contributed by atoms with Crippen LogP contribution in [0.5, 0.6) is 0 Å². The van der Waals surface area contributed by atoms with Gasteiger partial charge in [0.1, 0.15) is 0 Å². The minimum absolute atomic E-state index is 0.00355. The third-order valence-electron chi connectivity index (χ3n) is 5.12. The first-order valence-electron chi connectivity index (χ1n) is 8.63. The Labute approximate surface area is 151 Å². The molecule has 1 saturated carbocycles. The predicted octanol–water partition coefficient (Wildman–Crippen LogP) is 3.93. The molecular formula is C21H20N2O3. The molecule has 1 aromatic heterocycles. The van der Waals surface area contributed by atoms with Crippen LogP contribution in [0.2, 0.25) is 0 Å². The lowest BCUT2D eigenvalue weighted by molar-refractivity contribution is -0.118. The lowest BCUT2D eigenvalue weighted by Gasteiger charge is -2.16. The van der Waals surface area contributed by atoms with Crippen LogP contribution in [-0.2, 0) is 14.9 Å². The minimum Gasteiger partial charge on any atom is -0.465 e.